The number of hydrogen-bond acceptors (Lipinski definition) is 3. The summed E-state index contributed by atoms with van der Waals surface area (Å²) in [5.74, 6) is 1.73. The van der Waals surface area contributed by atoms with Crippen LogP contribution in [-0.4, -0.2) is 59.4 Å². The number of quaternary nitrogens is 2. The predicted molar refractivity (Wildman–Crippen MR) is 119 cm³/mol. The quantitative estimate of drug-likeness (QED) is 0.689. The summed E-state index contributed by atoms with van der Waals surface area (Å²) in [6.07, 6.45) is 0. The number of anilines is 1. The Kier molecular flexibility index (Phi) is 7.34. The molecule has 1 aliphatic heterocycles. The summed E-state index contributed by atoms with van der Waals surface area (Å²) in [5, 5.41) is 0. The van der Waals surface area contributed by atoms with E-state index in [-0.39, 0.29) is 11.9 Å². The molecule has 1 atom stereocenters. The number of benzene rings is 2. The Morgan fingerprint density at radius 1 is 1.03 bits per heavy atom. The van der Waals surface area contributed by atoms with Crippen molar-refractivity contribution in [3.8, 4) is 11.5 Å². The Balaban J connectivity index is 1.58. The average molecular weight is 414 g/mol. The van der Waals surface area contributed by atoms with Crippen LogP contribution in [0.4, 0.5) is 5.69 Å². The highest BCUT2D eigenvalue weighted by molar-refractivity contribution is 5.95. The van der Waals surface area contributed by atoms with Gasteiger partial charge in [0.25, 0.3) is 5.91 Å². The number of para-hydroxylation sites is 1. The summed E-state index contributed by atoms with van der Waals surface area (Å²) in [5.41, 5.74) is 3.46. The summed E-state index contributed by atoms with van der Waals surface area (Å²) in [6.45, 7) is 9.24. The Labute approximate surface area is 180 Å². The Bertz CT molecular complexity index is 848. The van der Waals surface area contributed by atoms with Crippen molar-refractivity contribution < 1.29 is 24.1 Å². The second-order valence-electron chi connectivity index (χ2n) is 8.17. The highest BCUT2D eigenvalue weighted by Crippen LogP contribution is 2.29. The first-order chi connectivity index (χ1) is 14.4. The van der Waals surface area contributed by atoms with Crippen LogP contribution in [0.2, 0.25) is 0 Å². The lowest BCUT2D eigenvalue weighted by atomic mass is 10.1. The maximum Gasteiger partial charge on any atom is 0.284 e. The van der Waals surface area contributed by atoms with E-state index in [1.165, 1.54) is 16.0 Å². The number of carbonyl (C=O) groups is 1. The van der Waals surface area contributed by atoms with Crippen molar-refractivity contribution >= 4 is 11.6 Å². The highest BCUT2D eigenvalue weighted by Gasteiger charge is 2.33. The number of piperazine rings is 1. The van der Waals surface area contributed by atoms with E-state index < -0.39 is 0 Å². The molecule has 162 valence electrons. The number of nitrogens with one attached hydrogen (secondary N) is 2. The van der Waals surface area contributed by atoms with E-state index in [0.29, 0.717) is 0 Å². The normalized spacial score (nSPS) is 19.8. The molecule has 0 aromatic heterocycles. The molecule has 2 N–H and O–H groups in total. The van der Waals surface area contributed by atoms with E-state index in [4.69, 9.17) is 9.47 Å². The van der Waals surface area contributed by atoms with E-state index in [9.17, 15) is 4.79 Å². The van der Waals surface area contributed by atoms with Crippen LogP contribution < -0.4 is 24.2 Å². The van der Waals surface area contributed by atoms with E-state index in [2.05, 4.69) is 26.0 Å². The van der Waals surface area contributed by atoms with Crippen molar-refractivity contribution in [3.05, 3.63) is 53.6 Å². The van der Waals surface area contributed by atoms with Gasteiger partial charge in [-0.1, -0.05) is 18.2 Å². The van der Waals surface area contributed by atoms with Crippen molar-refractivity contribution in [2.75, 3.05) is 52.3 Å². The summed E-state index contributed by atoms with van der Waals surface area (Å²) < 4.78 is 10.9. The number of carbonyl (C=O) groups excluding carboxylic acids is 1. The summed E-state index contributed by atoms with van der Waals surface area (Å²) in [6, 6.07) is 14.0. The summed E-state index contributed by atoms with van der Waals surface area (Å²) in [7, 11) is 5.22. The second-order valence-corrected chi connectivity index (χ2v) is 8.17. The van der Waals surface area contributed by atoms with Crippen LogP contribution in [0.1, 0.15) is 18.1 Å². The molecule has 1 aliphatic rings. The molecule has 2 aromatic rings. The third-order valence-electron chi connectivity index (χ3n) is 6.34. The molecule has 6 heteroatoms. The lowest BCUT2D eigenvalue weighted by Crippen LogP contribution is -3.29. The van der Waals surface area contributed by atoms with Crippen LogP contribution in [0.15, 0.2) is 42.5 Å². The molecule has 30 heavy (non-hydrogen) atoms. The van der Waals surface area contributed by atoms with Gasteiger partial charge in [0.05, 0.1) is 14.2 Å². The van der Waals surface area contributed by atoms with Gasteiger partial charge in [-0.15, -0.1) is 0 Å². The molecule has 0 bridgehead atoms. The van der Waals surface area contributed by atoms with Crippen molar-refractivity contribution in [2.24, 2.45) is 0 Å². The van der Waals surface area contributed by atoms with Crippen LogP contribution >= 0.6 is 0 Å². The van der Waals surface area contributed by atoms with Crippen molar-refractivity contribution in [3.63, 3.8) is 0 Å². The number of methoxy groups -OCH3 is 2. The Morgan fingerprint density at radius 3 is 2.23 bits per heavy atom. The summed E-state index contributed by atoms with van der Waals surface area (Å²) >= 11 is 0. The van der Waals surface area contributed by atoms with Crippen LogP contribution in [0.3, 0.4) is 0 Å². The van der Waals surface area contributed by atoms with Gasteiger partial charge >= 0.3 is 0 Å². The van der Waals surface area contributed by atoms with E-state index in [1.54, 1.807) is 24.0 Å². The fourth-order valence-electron chi connectivity index (χ4n) is 4.26. The fourth-order valence-corrected chi connectivity index (χ4v) is 4.26. The molecule has 1 amide bonds. The third-order valence-corrected chi connectivity index (χ3v) is 6.34. The molecule has 0 saturated carbocycles. The second kappa shape index (κ2) is 9.96. The zero-order valence-electron chi connectivity index (χ0n) is 18.8. The smallest absolute Gasteiger partial charge is 0.284 e. The average Bonchev–Trinajstić information content (AvgIpc) is 2.79. The first-order valence-electron chi connectivity index (χ1n) is 10.7. The van der Waals surface area contributed by atoms with Crippen molar-refractivity contribution in [2.45, 2.75) is 26.4 Å². The molecule has 0 radical (unpaired) electrons. The molecule has 1 fully saturated rings. The molecular formula is C24H35N3O3+2. The van der Waals surface area contributed by atoms with Gasteiger partial charge in [-0.3, -0.25) is 4.79 Å². The van der Waals surface area contributed by atoms with Gasteiger partial charge in [-0.05, 0) is 43.7 Å². The van der Waals surface area contributed by atoms with Crippen molar-refractivity contribution in [1.29, 1.82) is 0 Å². The van der Waals surface area contributed by atoms with Crippen LogP contribution in [0.5, 0.6) is 11.5 Å². The van der Waals surface area contributed by atoms with Crippen LogP contribution in [-0.2, 0) is 11.3 Å². The Morgan fingerprint density at radius 2 is 1.63 bits per heavy atom. The largest absolute Gasteiger partial charge is 0.493 e. The number of hydrogen-bond donors (Lipinski definition) is 2. The number of nitrogens with zero attached hydrogens (tertiary/aromatic N) is 1. The first kappa shape index (κ1) is 22.1. The lowest BCUT2D eigenvalue weighted by molar-refractivity contribution is -1.02. The van der Waals surface area contributed by atoms with E-state index >= 15 is 0 Å². The zero-order valence-corrected chi connectivity index (χ0v) is 18.8. The molecule has 2 aromatic carbocycles. The molecule has 1 heterocycles. The van der Waals surface area contributed by atoms with E-state index in [0.717, 1.165) is 49.9 Å². The highest BCUT2D eigenvalue weighted by atomic mass is 16.5. The standard InChI is InChI=1S/C24H33N3O3/c1-18-15-22(29-4)23(30-5)16-20(18)17-26-11-13-27(14-12-26)19(2)24(28)25(3)21-9-7-6-8-10-21/h6-10,15-16,19H,11-14,17H2,1-5H3/p+2/t19-/m1/s1. The number of amides is 1. The predicted octanol–water partition coefficient (Wildman–Crippen LogP) is 0.347. The van der Waals surface area contributed by atoms with E-state index in [1.807, 2.05) is 37.4 Å². The minimum Gasteiger partial charge on any atom is -0.493 e. The van der Waals surface area contributed by atoms with Crippen molar-refractivity contribution in [1.82, 2.24) is 0 Å². The van der Waals surface area contributed by atoms with Crippen LogP contribution in [0, 0.1) is 6.92 Å². The SMILES string of the molecule is COc1cc(C)c(C[NH+]2CC[NH+]([C@H](C)C(=O)N(C)c3ccccc3)CC2)cc1OC. The molecule has 6 nitrogen and oxygen atoms in total. The zero-order chi connectivity index (χ0) is 21.7. The maximum absolute atomic E-state index is 13.0. The monoisotopic (exact) mass is 413 g/mol. The van der Waals surface area contributed by atoms with Gasteiger partial charge in [-0.25, -0.2) is 0 Å². The number of aryl methyl sites for hydroxylation is 1. The van der Waals surface area contributed by atoms with Gasteiger partial charge in [-0.2, -0.15) is 0 Å². The summed E-state index contributed by atoms with van der Waals surface area (Å²) in [4.78, 5) is 17.7. The maximum atomic E-state index is 13.0. The molecule has 0 aliphatic carbocycles. The number of likely N-dealkylation sites (N-methyl/N-ethyl adjacent to an activating group) is 1. The van der Waals surface area contributed by atoms with Gasteiger partial charge in [0, 0.05) is 18.3 Å². The molecule has 3 rings (SSSR count). The fraction of sp³-hybridized carbons (Fsp3) is 0.458. The number of ether oxygens (including phenoxy) is 2. The topological polar surface area (TPSA) is 47.7 Å². The number of rotatable bonds is 7. The molecule has 0 unspecified atom stereocenters. The van der Waals surface area contributed by atoms with Gasteiger partial charge in [0.1, 0.15) is 32.7 Å². The lowest BCUT2D eigenvalue weighted by Gasteiger charge is -2.34. The minimum atomic E-state index is -0.0421. The van der Waals surface area contributed by atoms with Gasteiger partial charge in [0.2, 0.25) is 0 Å². The third kappa shape index (κ3) is 4.94. The molecule has 1 saturated heterocycles. The van der Waals surface area contributed by atoms with Gasteiger partial charge in [0.15, 0.2) is 17.5 Å². The molecular weight excluding hydrogens is 378 g/mol. The van der Waals surface area contributed by atoms with Gasteiger partial charge < -0.3 is 24.2 Å². The minimum absolute atomic E-state index is 0.0421. The Hall–Kier alpha value is -2.57. The molecule has 0 spiro atoms. The first-order valence-corrected chi connectivity index (χ1v) is 10.7. The van der Waals surface area contributed by atoms with Crippen LogP contribution in [0.25, 0.3) is 0 Å².